The molecule has 0 spiro atoms. The molecule has 0 fully saturated rings. The molecule has 0 aromatic heterocycles. The van der Waals surface area contributed by atoms with Gasteiger partial charge in [0.25, 0.3) is 0 Å². The van der Waals surface area contributed by atoms with Crippen molar-refractivity contribution in [2.24, 2.45) is 5.73 Å². The van der Waals surface area contributed by atoms with Crippen LogP contribution in [-0.2, 0) is 12.8 Å². The molecule has 1 aliphatic rings. The van der Waals surface area contributed by atoms with Gasteiger partial charge in [-0.25, -0.2) is 0 Å². The molecule has 2 rings (SSSR count). The Balaban J connectivity index is 2.06. The van der Waals surface area contributed by atoms with Gasteiger partial charge in [0.2, 0.25) is 0 Å². The number of unbranched alkanes of at least 4 members (excludes halogenated alkanes) is 1. The molecule has 0 saturated carbocycles. The van der Waals surface area contributed by atoms with E-state index in [4.69, 9.17) is 10.5 Å². The molecule has 2 heteroatoms. The monoisotopic (exact) mass is 191 g/mol. The fourth-order valence-corrected chi connectivity index (χ4v) is 1.99. The maximum atomic E-state index is 5.52. The lowest BCUT2D eigenvalue weighted by Crippen LogP contribution is -2.00. The molecule has 14 heavy (non-hydrogen) atoms. The first-order valence-electron chi connectivity index (χ1n) is 5.35. The quantitative estimate of drug-likeness (QED) is 0.738. The van der Waals surface area contributed by atoms with E-state index in [-0.39, 0.29) is 0 Å². The third-order valence-electron chi connectivity index (χ3n) is 2.74. The van der Waals surface area contributed by atoms with Gasteiger partial charge in [0.05, 0.1) is 6.61 Å². The maximum Gasteiger partial charge on any atom is 0.122 e. The van der Waals surface area contributed by atoms with Gasteiger partial charge >= 0.3 is 0 Å². The Morgan fingerprint density at radius 2 is 2.21 bits per heavy atom. The highest BCUT2D eigenvalue weighted by molar-refractivity contribution is 5.42. The summed E-state index contributed by atoms with van der Waals surface area (Å²) in [4.78, 5) is 0. The minimum Gasteiger partial charge on any atom is -0.493 e. The van der Waals surface area contributed by atoms with Crippen molar-refractivity contribution in [3.8, 4) is 5.75 Å². The van der Waals surface area contributed by atoms with Crippen molar-refractivity contribution in [3.05, 3.63) is 29.3 Å². The molecule has 0 aliphatic carbocycles. The summed E-state index contributed by atoms with van der Waals surface area (Å²) in [5, 5.41) is 0. The summed E-state index contributed by atoms with van der Waals surface area (Å²) in [5.74, 6) is 1.09. The Morgan fingerprint density at radius 3 is 3.07 bits per heavy atom. The maximum absolute atomic E-state index is 5.52. The lowest BCUT2D eigenvalue weighted by molar-refractivity contribution is 0.357. The molecule has 1 aromatic carbocycles. The van der Waals surface area contributed by atoms with Crippen molar-refractivity contribution >= 4 is 0 Å². The van der Waals surface area contributed by atoms with E-state index in [1.54, 1.807) is 0 Å². The standard InChI is InChI=1S/C12H17NO/c13-8-2-1-4-10-5-3-6-12-11(10)7-9-14-12/h3,5-6H,1-2,4,7-9,13H2. The zero-order chi connectivity index (χ0) is 9.80. The molecule has 0 saturated heterocycles. The normalized spacial score (nSPS) is 13.8. The predicted molar refractivity (Wildman–Crippen MR) is 57.6 cm³/mol. The van der Waals surface area contributed by atoms with Crippen LogP contribution in [0.1, 0.15) is 24.0 Å². The number of aryl methyl sites for hydroxylation is 1. The highest BCUT2D eigenvalue weighted by Crippen LogP contribution is 2.28. The number of hydrogen-bond acceptors (Lipinski definition) is 2. The van der Waals surface area contributed by atoms with Gasteiger partial charge in [-0.3, -0.25) is 0 Å². The van der Waals surface area contributed by atoms with Gasteiger partial charge in [0.1, 0.15) is 5.75 Å². The van der Waals surface area contributed by atoms with Crippen molar-refractivity contribution in [2.45, 2.75) is 25.7 Å². The molecule has 1 aliphatic heterocycles. The second kappa shape index (κ2) is 4.47. The highest BCUT2D eigenvalue weighted by Gasteiger charge is 2.14. The van der Waals surface area contributed by atoms with Crippen LogP contribution in [0.15, 0.2) is 18.2 Å². The minimum absolute atomic E-state index is 0.797. The summed E-state index contributed by atoms with van der Waals surface area (Å²) in [6, 6.07) is 6.36. The molecule has 1 heterocycles. The summed E-state index contributed by atoms with van der Waals surface area (Å²) in [5.41, 5.74) is 8.35. The Labute approximate surface area is 85.1 Å². The van der Waals surface area contributed by atoms with E-state index in [0.29, 0.717) is 0 Å². The summed E-state index contributed by atoms with van der Waals surface area (Å²) in [7, 11) is 0. The minimum atomic E-state index is 0.797. The Kier molecular flexibility index (Phi) is 3.04. The Bertz CT molecular complexity index is 309. The largest absolute Gasteiger partial charge is 0.493 e. The van der Waals surface area contributed by atoms with E-state index in [0.717, 1.165) is 38.2 Å². The van der Waals surface area contributed by atoms with Gasteiger partial charge in [-0.1, -0.05) is 12.1 Å². The molecule has 0 unspecified atom stereocenters. The van der Waals surface area contributed by atoms with Gasteiger partial charge < -0.3 is 10.5 Å². The van der Waals surface area contributed by atoms with Gasteiger partial charge in [-0.2, -0.15) is 0 Å². The molecule has 0 radical (unpaired) electrons. The van der Waals surface area contributed by atoms with E-state index in [1.807, 2.05) is 0 Å². The second-order valence-corrected chi connectivity index (χ2v) is 3.74. The highest BCUT2D eigenvalue weighted by atomic mass is 16.5. The average molecular weight is 191 g/mol. The first kappa shape index (κ1) is 9.53. The van der Waals surface area contributed by atoms with Crippen LogP contribution >= 0.6 is 0 Å². The fraction of sp³-hybridized carbons (Fsp3) is 0.500. The molecule has 76 valence electrons. The van der Waals surface area contributed by atoms with Crippen molar-refractivity contribution in [1.82, 2.24) is 0 Å². The summed E-state index contributed by atoms with van der Waals surface area (Å²) >= 11 is 0. The van der Waals surface area contributed by atoms with Crippen LogP contribution < -0.4 is 10.5 Å². The molecule has 2 nitrogen and oxygen atoms in total. The van der Waals surface area contributed by atoms with Crippen LogP contribution in [0.3, 0.4) is 0 Å². The molecule has 0 atom stereocenters. The molecule has 1 aromatic rings. The van der Waals surface area contributed by atoms with Gasteiger partial charge in [-0.15, -0.1) is 0 Å². The Hall–Kier alpha value is -1.02. The van der Waals surface area contributed by atoms with Crippen LogP contribution in [0.5, 0.6) is 5.75 Å². The first-order chi connectivity index (χ1) is 6.92. The van der Waals surface area contributed by atoms with E-state index >= 15 is 0 Å². The number of fused-ring (bicyclic) bond motifs is 1. The van der Waals surface area contributed by atoms with Crippen molar-refractivity contribution < 1.29 is 4.74 Å². The average Bonchev–Trinajstić information content (AvgIpc) is 2.67. The smallest absolute Gasteiger partial charge is 0.122 e. The van der Waals surface area contributed by atoms with Gasteiger partial charge in [-0.05, 0) is 37.4 Å². The predicted octanol–water partition coefficient (Wildman–Crippen LogP) is 1.90. The summed E-state index contributed by atoms with van der Waals surface area (Å²) in [6.07, 6.45) is 4.52. The zero-order valence-electron chi connectivity index (χ0n) is 8.46. The van der Waals surface area contributed by atoms with E-state index in [2.05, 4.69) is 18.2 Å². The second-order valence-electron chi connectivity index (χ2n) is 3.74. The molecule has 0 amide bonds. The van der Waals surface area contributed by atoms with E-state index < -0.39 is 0 Å². The number of nitrogens with two attached hydrogens (primary N) is 1. The van der Waals surface area contributed by atoms with Crippen LogP contribution in [0.25, 0.3) is 0 Å². The van der Waals surface area contributed by atoms with Crippen LogP contribution in [0.2, 0.25) is 0 Å². The number of ether oxygens (including phenoxy) is 1. The topological polar surface area (TPSA) is 35.2 Å². The van der Waals surface area contributed by atoms with Gasteiger partial charge in [0, 0.05) is 12.0 Å². The summed E-state index contributed by atoms with van der Waals surface area (Å²) in [6.45, 7) is 1.65. The molecule has 2 N–H and O–H groups in total. The first-order valence-corrected chi connectivity index (χ1v) is 5.35. The zero-order valence-corrected chi connectivity index (χ0v) is 8.46. The molecule has 0 bridgehead atoms. The SMILES string of the molecule is NCCCCc1cccc2c1CCO2. The van der Waals surface area contributed by atoms with E-state index in [1.165, 1.54) is 17.5 Å². The van der Waals surface area contributed by atoms with E-state index in [9.17, 15) is 0 Å². The molecular weight excluding hydrogens is 174 g/mol. The lowest BCUT2D eigenvalue weighted by Gasteiger charge is -2.05. The molecular formula is C12H17NO. The van der Waals surface area contributed by atoms with Crippen molar-refractivity contribution in [1.29, 1.82) is 0 Å². The fourth-order valence-electron chi connectivity index (χ4n) is 1.99. The summed E-state index contributed by atoms with van der Waals surface area (Å²) < 4.78 is 5.52. The van der Waals surface area contributed by atoms with Gasteiger partial charge in [0.15, 0.2) is 0 Å². The van der Waals surface area contributed by atoms with Crippen LogP contribution in [0.4, 0.5) is 0 Å². The Morgan fingerprint density at radius 1 is 1.29 bits per heavy atom. The third kappa shape index (κ3) is 1.90. The third-order valence-corrected chi connectivity index (χ3v) is 2.74. The van der Waals surface area contributed by atoms with Crippen LogP contribution in [-0.4, -0.2) is 13.2 Å². The van der Waals surface area contributed by atoms with Crippen molar-refractivity contribution in [2.75, 3.05) is 13.2 Å². The number of hydrogen-bond donors (Lipinski definition) is 1. The number of benzene rings is 1. The van der Waals surface area contributed by atoms with Crippen LogP contribution in [0, 0.1) is 0 Å². The lowest BCUT2D eigenvalue weighted by atomic mass is 10.0. The number of rotatable bonds is 4. The van der Waals surface area contributed by atoms with Crippen molar-refractivity contribution in [3.63, 3.8) is 0 Å².